The van der Waals surface area contributed by atoms with Gasteiger partial charge in [0.1, 0.15) is 22.3 Å². The van der Waals surface area contributed by atoms with Crippen LogP contribution in [0.5, 0.6) is 5.75 Å². The zero-order chi connectivity index (χ0) is 26.9. The monoisotopic (exact) mass is 581 g/mol. The average Bonchev–Trinajstić information content (AvgIpc) is 3.35. The normalized spacial score (nSPS) is 20.2. The lowest BCUT2D eigenvalue weighted by Crippen LogP contribution is -2.54. The number of thiazole rings is 1. The first-order valence-corrected chi connectivity index (χ1v) is 14.8. The van der Waals surface area contributed by atoms with Gasteiger partial charge in [-0.2, -0.15) is 0 Å². The van der Waals surface area contributed by atoms with Crippen molar-refractivity contribution in [2.75, 3.05) is 31.6 Å². The highest BCUT2D eigenvalue weighted by Crippen LogP contribution is 2.38. The van der Waals surface area contributed by atoms with Crippen LogP contribution in [0.1, 0.15) is 18.4 Å². The van der Waals surface area contributed by atoms with Crippen molar-refractivity contribution in [1.82, 2.24) is 9.88 Å². The molecule has 2 atom stereocenters. The van der Waals surface area contributed by atoms with E-state index in [0.717, 1.165) is 36.1 Å². The number of ether oxygens (including phenoxy) is 2. The molecule has 7 nitrogen and oxygen atoms in total. The largest absolute Gasteiger partial charge is 0.491 e. The summed E-state index contributed by atoms with van der Waals surface area (Å²) in [6.45, 7) is 1.46. The molecule has 38 heavy (non-hydrogen) atoms. The van der Waals surface area contributed by atoms with E-state index in [9.17, 15) is 12.8 Å². The Morgan fingerprint density at radius 1 is 1.24 bits per heavy atom. The van der Waals surface area contributed by atoms with Crippen molar-refractivity contribution in [2.24, 2.45) is 5.92 Å². The molecular weight excluding hydrogens is 556 g/mol. The molecule has 1 saturated heterocycles. The maximum Gasteiger partial charge on any atom is 0.266 e. The van der Waals surface area contributed by atoms with Crippen LogP contribution in [0, 0.1) is 17.6 Å². The predicted molar refractivity (Wildman–Crippen MR) is 143 cm³/mol. The maximum absolute atomic E-state index is 15.0. The van der Waals surface area contributed by atoms with E-state index in [2.05, 4.69) is 27.7 Å². The summed E-state index contributed by atoms with van der Waals surface area (Å²) in [6, 6.07) is 8.73. The summed E-state index contributed by atoms with van der Waals surface area (Å²) < 4.78 is 67.7. The summed E-state index contributed by atoms with van der Waals surface area (Å²) in [7, 11) is -2.19. The smallest absolute Gasteiger partial charge is 0.266 e. The number of anilines is 1. The Hall–Kier alpha value is -2.57. The summed E-state index contributed by atoms with van der Waals surface area (Å²) in [5.74, 6) is -1.32. The number of hydrogen-bond acceptors (Lipinski definition) is 7. The van der Waals surface area contributed by atoms with Crippen molar-refractivity contribution in [3.63, 3.8) is 0 Å². The van der Waals surface area contributed by atoms with Crippen molar-refractivity contribution in [3.05, 3.63) is 75.6 Å². The third-order valence-corrected chi connectivity index (χ3v) is 9.20. The Bertz CT molecular complexity index is 1410. The topological polar surface area (TPSA) is 80.8 Å². The number of likely N-dealkylation sites (N-methyl/N-ethyl adjacent to an activating group) is 1. The zero-order valence-corrected chi connectivity index (χ0v) is 22.8. The fraction of sp³-hybridized carbons (Fsp3) is 0.346. The number of allylic oxidation sites excluding steroid dienone is 1. The van der Waals surface area contributed by atoms with Crippen molar-refractivity contribution in [1.29, 1.82) is 0 Å². The lowest BCUT2D eigenvalue weighted by Gasteiger charge is -2.45. The third-order valence-electron chi connectivity index (χ3n) is 6.95. The number of hydrogen-bond donors (Lipinski definition) is 1. The van der Waals surface area contributed by atoms with Gasteiger partial charge in [0.05, 0.1) is 36.4 Å². The molecule has 3 aromatic rings. The molecule has 1 fully saturated rings. The standard InChI is InChI=1S/C26H26ClF2N3O4S2/c1-32(18-11-35-12-18)23-4-2-3-19(16-5-7-17(28)8-6-16)20(23)13-36-24-10-22(29)25(9-21(24)27)38(33,34)31-26-14-37-15-30-26/h3,5-10,14-15,18,20,23,31H,2,4,11-13H2,1H3. The molecule has 0 saturated carbocycles. The Labute approximate surface area is 229 Å². The molecule has 5 rings (SSSR count). The molecule has 0 amide bonds. The second kappa shape index (κ2) is 11.3. The van der Waals surface area contributed by atoms with Crippen LogP contribution in [0.25, 0.3) is 5.57 Å². The Balaban J connectivity index is 1.40. The maximum atomic E-state index is 15.0. The van der Waals surface area contributed by atoms with Crippen molar-refractivity contribution < 1.29 is 26.7 Å². The predicted octanol–water partition coefficient (Wildman–Crippen LogP) is 5.45. The highest BCUT2D eigenvalue weighted by atomic mass is 35.5. The van der Waals surface area contributed by atoms with E-state index in [1.165, 1.54) is 34.4 Å². The number of rotatable bonds is 9. The zero-order valence-electron chi connectivity index (χ0n) is 20.4. The second-order valence-corrected chi connectivity index (χ2v) is 12.1. The number of nitrogens with zero attached hydrogens (tertiary/aromatic N) is 2. The first kappa shape index (κ1) is 27.0. The highest BCUT2D eigenvalue weighted by Gasteiger charge is 2.37. The van der Waals surface area contributed by atoms with Gasteiger partial charge < -0.3 is 9.47 Å². The van der Waals surface area contributed by atoms with Crippen LogP contribution in [0.15, 0.2) is 58.3 Å². The minimum absolute atomic E-state index is 0.0363. The van der Waals surface area contributed by atoms with Crippen LogP contribution >= 0.6 is 22.9 Å². The fourth-order valence-electron chi connectivity index (χ4n) is 4.82. The Morgan fingerprint density at radius 2 is 2.00 bits per heavy atom. The molecule has 202 valence electrons. The molecule has 2 heterocycles. The number of halogens is 3. The van der Waals surface area contributed by atoms with E-state index in [-0.39, 0.29) is 47.0 Å². The van der Waals surface area contributed by atoms with E-state index < -0.39 is 20.7 Å². The van der Waals surface area contributed by atoms with E-state index >= 15 is 4.39 Å². The quantitative estimate of drug-likeness (QED) is 0.362. The molecule has 0 bridgehead atoms. The second-order valence-electron chi connectivity index (χ2n) is 9.28. The van der Waals surface area contributed by atoms with Gasteiger partial charge in [-0.15, -0.1) is 11.3 Å². The third kappa shape index (κ3) is 5.72. The SMILES string of the molecule is CN(C1COC1)C1CCC=C(c2ccc(F)cc2)C1COc1cc(F)c(S(=O)(=O)Nc2cscn2)cc1Cl. The molecule has 2 aliphatic rings. The molecule has 1 N–H and O–H groups in total. The molecule has 1 aliphatic heterocycles. The Kier molecular flexibility index (Phi) is 8.01. The van der Waals surface area contributed by atoms with Gasteiger partial charge in [-0.25, -0.2) is 22.2 Å². The van der Waals surface area contributed by atoms with Gasteiger partial charge in [0.15, 0.2) is 5.82 Å². The van der Waals surface area contributed by atoms with Crippen LogP contribution in [0.3, 0.4) is 0 Å². The van der Waals surface area contributed by atoms with Crippen LogP contribution in [0.2, 0.25) is 5.02 Å². The first-order valence-electron chi connectivity index (χ1n) is 12.0. The number of nitrogens with one attached hydrogen (secondary N) is 1. The van der Waals surface area contributed by atoms with Gasteiger partial charge in [0.2, 0.25) is 0 Å². The van der Waals surface area contributed by atoms with Gasteiger partial charge in [0.25, 0.3) is 10.0 Å². The molecule has 1 aromatic heterocycles. The summed E-state index contributed by atoms with van der Waals surface area (Å²) in [4.78, 5) is 5.55. The Morgan fingerprint density at radius 3 is 2.66 bits per heavy atom. The summed E-state index contributed by atoms with van der Waals surface area (Å²) in [6.07, 6.45) is 3.86. The van der Waals surface area contributed by atoms with E-state index in [1.54, 1.807) is 12.1 Å². The number of benzene rings is 2. The van der Waals surface area contributed by atoms with Gasteiger partial charge in [-0.3, -0.25) is 9.62 Å². The molecule has 1 aliphatic carbocycles. The lowest BCUT2D eigenvalue weighted by molar-refractivity contribution is -0.0770. The van der Waals surface area contributed by atoms with Crippen LogP contribution in [-0.2, 0) is 14.8 Å². The van der Waals surface area contributed by atoms with Gasteiger partial charge in [-0.05, 0) is 49.2 Å². The van der Waals surface area contributed by atoms with Gasteiger partial charge in [-0.1, -0.05) is 29.8 Å². The fourth-order valence-corrected chi connectivity index (χ4v) is 6.75. The minimum atomic E-state index is -4.24. The van der Waals surface area contributed by atoms with E-state index in [1.807, 2.05) is 0 Å². The van der Waals surface area contributed by atoms with Crippen LogP contribution < -0.4 is 9.46 Å². The summed E-state index contributed by atoms with van der Waals surface area (Å²) >= 11 is 7.58. The van der Waals surface area contributed by atoms with Crippen molar-refractivity contribution in [3.8, 4) is 5.75 Å². The van der Waals surface area contributed by atoms with Gasteiger partial charge in [0, 0.05) is 23.4 Å². The highest BCUT2D eigenvalue weighted by molar-refractivity contribution is 7.92. The van der Waals surface area contributed by atoms with Crippen LogP contribution in [-0.4, -0.2) is 57.3 Å². The molecule has 0 radical (unpaired) electrons. The van der Waals surface area contributed by atoms with Crippen molar-refractivity contribution in [2.45, 2.75) is 29.8 Å². The molecular formula is C26H26ClF2N3O4S2. The minimum Gasteiger partial charge on any atom is -0.491 e. The average molecular weight is 582 g/mol. The summed E-state index contributed by atoms with van der Waals surface area (Å²) in [5.41, 5.74) is 3.35. The number of aromatic nitrogens is 1. The molecule has 2 unspecified atom stereocenters. The lowest BCUT2D eigenvalue weighted by atomic mass is 9.79. The summed E-state index contributed by atoms with van der Waals surface area (Å²) in [5, 5.41) is 1.46. The molecule has 2 aromatic carbocycles. The van der Waals surface area contributed by atoms with Crippen molar-refractivity contribution >= 4 is 44.4 Å². The molecule has 0 spiro atoms. The first-order chi connectivity index (χ1) is 18.2. The van der Waals surface area contributed by atoms with E-state index in [0.29, 0.717) is 13.2 Å². The number of sulfonamides is 1. The van der Waals surface area contributed by atoms with E-state index in [4.69, 9.17) is 21.1 Å². The molecule has 12 heteroatoms. The van der Waals surface area contributed by atoms with Crippen LogP contribution in [0.4, 0.5) is 14.6 Å². The van der Waals surface area contributed by atoms with Gasteiger partial charge >= 0.3 is 0 Å².